The highest BCUT2D eigenvalue weighted by molar-refractivity contribution is 5.90. The molecule has 0 aromatic carbocycles. The Kier molecular flexibility index (Phi) is 2.11. The topological polar surface area (TPSA) is 50.2 Å². The maximum atomic E-state index is 10.6. The lowest BCUT2D eigenvalue weighted by Gasteiger charge is -2.00. The number of carboxylic acids is 1. The number of aryl methyl sites for hydroxylation is 1. The van der Waals surface area contributed by atoms with E-state index in [4.69, 9.17) is 11.5 Å². The molecule has 3 nitrogen and oxygen atoms in total. The minimum absolute atomic E-state index is 0.0810. The average molecular weight is 161 g/mol. The first kappa shape index (κ1) is 8.28. The van der Waals surface area contributed by atoms with Crippen LogP contribution in [0.2, 0.25) is 0 Å². The monoisotopic (exact) mass is 161 g/mol. The van der Waals surface area contributed by atoms with Crippen LogP contribution in [0.15, 0.2) is 12.4 Å². The summed E-state index contributed by atoms with van der Waals surface area (Å²) in [5.41, 5.74) is 1.19. The van der Waals surface area contributed by atoms with Gasteiger partial charge in [-0.05, 0) is 12.5 Å². The van der Waals surface area contributed by atoms with Crippen LogP contribution >= 0.6 is 0 Å². The van der Waals surface area contributed by atoms with Gasteiger partial charge in [0.25, 0.3) is 0 Å². The highest BCUT2D eigenvalue weighted by Gasteiger charge is 2.09. The third-order valence-electron chi connectivity index (χ3n) is 1.51. The second-order valence-electron chi connectivity index (χ2n) is 2.33. The number of rotatable bonds is 1. The summed E-state index contributed by atoms with van der Waals surface area (Å²) in [6.07, 6.45) is 7.95. The van der Waals surface area contributed by atoms with E-state index in [0.29, 0.717) is 11.1 Å². The van der Waals surface area contributed by atoms with Crippen molar-refractivity contribution in [2.75, 3.05) is 0 Å². The van der Waals surface area contributed by atoms with E-state index < -0.39 is 5.97 Å². The molecule has 1 aromatic rings. The maximum Gasteiger partial charge on any atom is 0.338 e. The van der Waals surface area contributed by atoms with E-state index in [2.05, 4.69) is 10.9 Å². The van der Waals surface area contributed by atoms with Crippen LogP contribution in [0, 0.1) is 19.3 Å². The molecule has 0 saturated heterocycles. The van der Waals surface area contributed by atoms with Gasteiger partial charge in [0.15, 0.2) is 0 Å². The third kappa shape index (κ3) is 1.28. The SMILES string of the molecule is C#Cc1c(C)cncc1C(=O)O. The van der Waals surface area contributed by atoms with Crippen molar-refractivity contribution in [1.82, 2.24) is 4.98 Å². The summed E-state index contributed by atoms with van der Waals surface area (Å²) in [5.74, 6) is 1.28. The number of hydrogen-bond donors (Lipinski definition) is 1. The molecule has 0 bridgehead atoms. The minimum atomic E-state index is -1.04. The minimum Gasteiger partial charge on any atom is -0.478 e. The summed E-state index contributed by atoms with van der Waals surface area (Å²) in [6.45, 7) is 1.73. The molecule has 0 amide bonds. The van der Waals surface area contributed by atoms with Crippen molar-refractivity contribution in [3.63, 3.8) is 0 Å². The standard InChI is InChI=1S/C9H7NO2/c1-3-7-6(2)4-10-5-8(7)9(11)12/h1,4-5H,2H3,(H,11,12). The normalized spacial score (nSPS) is 9.00. The van der Waals surface area contributed by atoms with E-state index in [0.717, 1.165) is 0 Å². The Labute approximate surface area is 70.1 Å². The van der Waals surface area contributed by atoms with Gasteiger partial charge in [0.2, 0.25) is 0 Å². The number of aromatic carboxylic acids is 1. The molecule has 1 heterocycles. The molecule has 12 heavy (non-hydrogen) atoms. The van der Waals surface area contributed by atoms with Crippen LogP contribution in [0.1, 0.15) is 21.5 Å². The number of aromatic nitrogens is 1. The lowest BCUT2D eigenvalue weighted by atomic mass is 10.1. The molecule has 1 aromatic heterocycles. The molecule has 0 aliphatic heterocycles. The van der Waals surface area contributed by atoms with E-state index in [1.165, 1.54) is 6.20 Å². The Morgan fingerprint density at radius 3 is 2.75 bits per heavy atom. The lowest BCUT2D eigenvalue weighted by molar-refractivity contribution is 0.0696. The highest BCUT2D eigenvalue weighted by atomic mass is 16.4. The van der Waals surface area contributed by atoms with E-state index in [1.807, 2.05) is 0 Å². The molecule has 0 atom stereocenters. The van der Waals surface area contributed by atoms with E-state index in [-0.39, 0.29) is 5.56 Å². The molecule has 60 valence electrons. The third-order valence-corrected chi connectivity index (χ3v) is 1.51. The summed E-state index contributed by atoms with van der Waals surface area (Å²) in [7, 11) is 0. The molecular weight excluding hydrogens is 154 g/mol. The molecule has 0 spiro atoms. The zero-order chi connectivity index (χ0) is 9.14. The molecule has 3 heteroatoms. The molecule has 0 aliphatic rings. The smallest absolute Gasteiger partial charge is 0.338 e. The van der Waals surface area contributed by atoms with Crippen LogP contribution in [0.4, 0.5) is 0 Å². The summed E-state index contributed by atoms with van der Waals surface area (Å²) in [4.78, 5) is 14.3. The van der Waals surface area contributed by atoms with Crippen molar-refractivity contribution in [3.05, 3.63) is 29.1 Å². The van der Waals surface area contributed by atoms with Gasteiger partial charge in [0, 0.05) is 18.0 Å². The number of carboxylic acid groups (broad SMARTS) is 1. The average Bonchev–Trinajstić information content (AvgIpc) is 2.03. The van der Waals surface area contributed by atoms with Gasteiger partial charge in [-0.3, -0.25) is 4.98 Å². The number of carbonyl (C=O) groups is 1. The highest BCUT2D eigenvalue weighted by Crippen LogP contribution is 2.10. The number of pyridine rings is 1. The van der Waals surface area contributed by atoms with Crippen LogP contribution in [0.3, 0.4) is 0 Å². The van der Waals surface area contributed by atoms with Crippen LogP contribution < -0.4 is 0 Å². The van der Waals surface area contributed by atoms with Gasteiger partial charge in [-0.15, -0.1) is 6.42 Å². The molecule has 1 N–H and O–H groups in total. The predicted octanol–water partition coefficient (Wildman–Crippen LogP) is 1.07. The first-order chi connectivity index (χ1) is 5.66. The van der Waals surface area contributed by atoms with Crippen molar-refractivity contribution in [2.24, 2.45) is 0 Å². The Hall–Kier alpha value is -1.82. The van der Waals surface area contributed by atoms with Gasteiger partial charge in [-0.2, -0.15) is 0 Å². The van der Waals surface area contributed by atoms with Crippen molar-refractivity contribution < 1.29 is 9.90 Å². The number of hydrogen-bond acceptors (Lipinski definition) is 2. The van der Waals surface area contributed by atoms with Gasteiger partial charge in [-0.1, -0.05) is 5.92 Å². The second-order valence-corrected chi connectivity index (χ2v) is 2.33. The van der Waals surface area contributed by atoms with Crippen molar-refractivity contribution in [2.45, 2.75) is 6.92 Å². The second kappa shape index (κ2) is 3.05. The maximum absolute atomic E-state index is 10.6. The van der Waals surface area contributed by atoms with E-state index in [9.17, 15) is 4.79 Å². The molecule has 0 fully saturated rings. The van der Waals surface area contributed by atoms with Crippen LogP contribution in [0.25, 0.3) is 0 Å². The lowest BCUT2D eigenvalue weighted by Crippen LogP contribution is -2.02. The Morgan fingerprint density at radius 1 is 1.67 bits per heavy atom. The zero-order valence-corrected chi connectivity index (χ0v) is 6.53. The Bertz CT molecular complexity index is 363. The summed E-state index contributed by atoms with van der Waals surface area (Å²) >= 11 is 0. The molecule has 0 aliphatic carbocycles. The Morgan fingerprint density at radius 2 is 2.33 bits per heavy atom. The molecule has 0 saturated carbocycles. The van der Waals surface area contributed by atoms with Gasteiger partial charge in [0.05, 0.1) is 5.56 Å². The summed E-state index contributed by atoms with van der Waals surface area (Å²) in [5, 5.41) is 8.69. The molecule has 0 radical (unpaired) electrons. The van der Waals surface area contributed by atoms with Gasteiger partial charge >= 0.3 is 5.97 Å². The summed E-state index contributed by atoms with van der Waals surface area (Å²) < 4.78 is 0. The first-order valence-corrected chi connectivity index (χ1v) is 3.31. The fraction of sp³-hybridized carbons (Fsp3) is 0.111. The fourth-order valence-electron chi connectivity index (χ4n) is 0.919. The van der Waals surface area contributed by atoms with Crippen molar-refractivity contribution in [3.8, 4) is 12.3 Å². The predicted molar refractivity (Wildman–Crippen MR) is 43.9 cm³/mol. The largest absolute Gasteiger partial charge is 0.478 e. The fourth-order valence-corrected chi connectivity index (χ4v) is 0.919. The van der Waals surface area contributed by atoms with Crippen molar-refractivity contribution in [1.29, 1.82) is 0 Å². The molecule has 0 unspecified atom stereocenters. The quantitative estimate of drug-likeness (QED) is 0.627. The van der Waals surface area contributed by atoms with Crippen LogP contribution in [0.5, 0.6) is 0 Å². The van der Waals surface area contributed by atoms with Gasteiger partial charge in [-0.25, -0.2) is 4.79 Å². The van der Waals surface area contributed by atoms with Crippen LogP contribution in [-0.4, -0.2) is 16.1 Å². The van der Waals surface area contributed by atoms with E-state index >= 15 is 0 Å². The number of nitrogens with zero attached hydrogens (tertiary/aromatic N) is 1. The van der Waals surface area contributed by atoms with Crippen molar-refractivity contribution >= 4 is 5.97 Å². The molecular formula is C9H7NO2. The molecule has 1 rings (SSSR count). The summed E-state index contributed by atoms with van der Waals surface area (Å²) in [6, 6.07) is 0. The van der Waals surface area contributed by atoms with Gasteiger partial charge < -0.3 is 5.11 Å². The zero-order valence-electron chi connectivity index (χ0n) is 6.53. The van der Waals surface area contributed by atoms with Crippen LogP contribution in [-0.2, 0) is 0 Å². The van der Waals surface area contributed by atoms with Gasteiger partial charge in [0.1, 0.15) is 0 Å². The van der Waals surface area contributed by atoms with E-state index in [1.54, 1.807) is 13.1 Å². The number of terminal acetylenes is 1. The first-order valence-electron chi connectivity index (χ1n) is 3.31. The Balaban J connectivity index is 3.40.